The van der Waals surface area contributed by atoms with Crippen LogP contribution in [0.5, 0.6) is 11.5 Å². The Bertz CT molecular complexity index is 421. The fraction of sp³-hybridized carbons (Fsp3) is 0.462. The van der Waals surface area contributed by atoms with E-state index in [1.807, 2.05) is 18.2 Å². The topological polar surface area (TPSA) is 73.6 Å². The van der Waals surface area contributed by atoms with Crippen LogP contribution in [0.4, 0.5) is 0 Å². The maximum Gasteiger partial charge on any atom is 0.224 e. The van der Waals surface area contributed by atoms with Crippen LogP contribution >= 0.6 is 0 Å². The van der Waals surface area contributed by atoms with Crippen LogP contribution in [0.25, 0.3) is 0 Å². The minimum atomic E-state index is 0.000118. The third kappa shape index (κ3) is 3.37. The van der Waals surface area contributed by atoms with Gasteiger partial charge >= 0.3 is 0 Å². The summed E-state index contributed by atoms with van der Waals surface area (Å²) in [4.78, 5) is 11.6. The van der Waals surface area contributed by atoms with Gasteiger partial charge in [-0.15, -0.1) is 0 Å². The number of fused-ring (bicyclic) bond motifs is 1. The van der Waals surface area contributed by atoms with E-state index < -0.39 is 0 Å². The third-order valence-corrected chi connectivity index (χ3v) is 2.67. The van der Waals surface area contributed by atoms with Crippen molar-refractivity contribution in [3.63, 3.8) is 0 Å². The molecule has 1 amide bonds. The molecule has 0 saturated carbocycles. The third-order valence-electron chi connectivity index (χ3n) is 2.67. The molecular formula is C13H18N2O3. The molecule has 5 heteroatoms. The first kappa shape index (κ1) is 12.7. The largest absolute Gasteiger partial charge is 0.486 e. The zero-order chi connectivity index (χ0) is 12.8. The Hall–Kier alpha value is -1.75. The van der Waals surface area contributed by atoms with Crippen molar-refractivity contribution in [1.29, 1.82) is 0 Å². The Balaban J connectivity index is 1.91. The van der Waals surface area contributed by atoms with Crippen molar-refractivity contribution in [3.05, 3.63) is 23.8 Å². The molecular weight excluding hydrogens is 232 g/mol. The molecule has 1 aromatic carbocycles. The van der Waals surface area contributed by atoms with E-state index in [1.54, 1.807) is 0 Å². The van der Waals surface area contributed by atoms with Crippen LogP contribution in [0.2, 0.25) is 0 Å². The van der Waals surface area contributed by atoms with E-state index in [0.29, 0.717) is 38.5 Å². The van der Waals surface area contributed by atoms with Gasteiger partial charge in [-0.1, -0.05) is 6.07 Å². The minimum absolute atomic E-state index is 0.000118. The predicted octanol–water partition coefficient (Wildman–Crippen LogP) is 0.465. The summed E-state index contributed by atoms with van der Waals surface area (Å²) in [7, 11) is 0. The molecule has 2 rings (SSSR count). The first-order chi connectivity index (χ1) is 8.79. The number of nitrogens with one attached hydrogen (secondary N) is 1. The van der Waals surface area contributed by atoms with Crippen LogP contribution in [0.3, 0.4) is 0 Å². The van der Waals surface area contributed by atoms with Gasteiger partial charge in [0.25, 0.3) is 0 Å². The van der Waals surface area contributed by atoms with Gasteiger partial charge in [0, 0.05) is 6.54 Å². The number of carbonyl (C=O) groups is 1. The molecule has 1 heterocycles. The lowest BCUT2D eigenvalue weighted by Gasteiger charge is -2.18. The number of carbonyl (C=O) groups excluding carboxylic acids is 1. The highest BCUT2D eigenvalue weighted by molar-refractivity contribution is 5.78. The number of ether oxygens (including phenoxy) is 2. The monoisotopic (exact) mass is 250 g/mol. The molecule has 1 aliphatic heterocycles. The van der Waals surface area contributed by atoms with Gasteiger partial charge < -0.3 is 20.5 Å². The van der Waals surface area contributed by atoms with Gasteiger partial charge in [0.05, 0.1) is 6.42 Å². The standard InChI is InChI=1S/C13H18N2O3/c14-4-1-5-15-13(16)9-10-2-3-11-12(8-10)18-7-6-17-11/h2-3,8H,1,4-7,9,14H2,(H,15,16). The Morgan fingerprint density at radius 2 is 2.06 bits per heavy atom. The summed E-state index contributed by atoms with van der Waals surface area (Å²) in [5.41, 5.74) is 6.28. The van der Waals surface area contributed by atoms with Gasteiger partial charge in [0.15, 0.2) is 11.5 Å². The summed E-state index contributed by atoms with van der Waals surface area (Å²) < 4.78 is 10.9. The van der Waals surface area contributed by atoms with Crippen molar-refractivity contribution in [1.82, 2.24) is 5.32 Å². The summed E-state index contributed by atoms with van der Waals surface area (Å²) >= 11 is 0. The molecule has 98 valence electrons. The summed E-state index contributed by atoms with van der Waals surface area (Å²) in [6, 6.07) is 5.59. The molecule has 1 aromatic rings. The molecule has 3 N–H and O–H groups in total. The average Bonchev–Trinajstić information content (AvgIpc) is 2.39. The van der Waals surface area contributed by atoms with Crippen molar-refractivity contribution in [2.45, 2.75) is 12.8 Å². The maximum atomic E-state index is 11.6. The Morgan fingerprint density at radius 3 is 2.83 bits per heavy atom. The second-order valence-electron chi connectivity index (χ2n) is 4.15. The van der Waals surface area contributed by atoms with E-state index in [4.69, 9.17) is 15.2 Å². The van der Waals surface area contributed by atoms with Crippen molar-refractivity contribution in [3.8, 4) is 11.5 Å². The van der Waals surface area contributed by atoms with Gasteiger partial charge in [-0.05, 0) is 30.7 Å². The van der Waals surface area contributed by atoms with Crippen molar-refractivity contribution in [2.75, 3.05) is 26.3 Å². The number of hydrogen-bond acceptors (Lipinski definition) is 4. The number of hydrogen-bond donors (Lipinski definition) is 2. The lowest BCUT2D eigenvalue weighted by Crippen LogP contribution is -2.27. The molecule has 5 nitrogen and oxygen atoms in total. The van der Waals surface area contributed by atoms with E-state index in [-0.39, 0.29) is 5.91 Å². The van der Waals surface area contributed by atoms with Gasteiger partial charge in [-0.25, -0.2) is 0 Å². The van der Waals surface area contributed by atoms with E-state index in [1.165, 1.54) is 0 Å². The molecule has 0 saturated heterocycles. The minimum Gasteiger partial charge on any atom is -0.486 e. The first-order valence-corrected chi connectivity index (χ1v) is 6.15. The maximum absolute atomic E-state index is 11.6. The van der Waals surface area contributed by atoms with Crippen LogP contribution in [-0.4, -0.2) is 32.2 Å². The Labute approximate surface area is 106 Å². The molecule has 0 radical (unpaired) electrons. The second kappa shape index (κ2) is 6.26. The smallest absolute Gasteiger partial charge is 0.224 e. The van der Waals surface area contributed by atoms with Crippen LogP contribution < -0.4 is 20.5 Å². The molecule has 0 fully saturated rings. The van der Waals surface area contributed by atoms with E-state index in [0.717, 1.165) is 17.7 Å². The zero-order valence-electron chi connectivity index (χ0n) is 10.3. The van der Waals surface area contributed by atoms with Crippen LogP contribution in [0, 0.1) is 0 Å². The van der Waals surface area contributed by atoms with Gasteiger partial charge in [0.1, 0.15) is 13.2 Å². The predicted molar refractivity (Wildman–Crippen MR) is 67.8 cm³/mol. The van der Waals surface area contributed by atoms with Crippen LogP contribution in [-0.2, 0) is 11.2 Å². The highest BCUT2D eigenvalue weighted by atomic mass is 16.6. The van der Waals surface area contributed by atoms with Gasteiger partial charge in [-0.2, -0.15) is 0 Å². The van der Waals surface area contributed by atoms with E-state index >= 15 is 0 Å². The van der Waals surface area contributed by atoms with Crippen molar-refractivity contribution >= 4 is 5.91 Å². The summed E-state index contributed by atoms with van der Waals surface area (Å²) in [6.45, 7) is 2.34. The van der Waals surface area contributed by atoms with Crippen LogP contribution in [0.15, 0.2) is 18.2 Å². The number of rotatable bonds is 5. The molecule has 18 heavy (non-hydrogen) atoms. The molecule has 1 aliphatic rings. The summed E-state index contributed by atoms with van der Waals surface area (Å²) in [5, 5.41) is 2.82. The fourth-order valence-electron chi connectivity index (χ4n) is 1.78. The molecule has 0 atom stereocenters. The summed E-state index contributed by atoms with van der Waals surface area (Å²) in [6.07, 6.45) is 1.15. The molecule has 0 aliphatic carbocycles. The number of nitrogens with two attached hydrogens (primary N) is 1. The lowest BCUT2D eigenvalue weighted by atomic mass is 10.1. The van der Waals surface area contributed by atoms with E-state index in [2.05, 4.69) is 5.32 Å². The fourth-order valence-corrected chi connectivity index (χ4v) is 1.78. The quantitative estimate of drug-likeness (QED) is 0.745. The highest BCUT2D eigenvalue weighted by Gasteiger charge is 2.12. The van der Waals surface area contributed by atoms with Crippen molar-refractivity contribution < 1.29 is 14.3 Å². The zero-order valence-corrected chi connectivity index (χ0v) is 10.3. The Morgan fingerprint density at radius 1 is 1.28 bits per heavy atom. The summed E-state index contributed by atoms with van der Waals surface area (Å²) in [5.74, 6) is 1.46. The number of amides is 1. The van der Waals surface area contributed by atoms with Crippen molar-refractivity contribution in [2.24, 2.45) is 5.73 Å². The molecule has 0 aromatic heterocycles. The Kier molecular flexibility index (Phi) is 4.41. The normalized spacial score (nSPS) is 13.2. The highest BCUT2D eigenvalue weighted by Crippen LogP contribution is 2.30. The first-order valence-electron chi connectivity index (χ1n) is 6.15. The number of benzene rings is 1. The molecule has 0 unspecified atom stereocenters. The van der Waals surface area contributed by atoms with Crippen LogP contribution in [0.1, 0.15) is 12.0 Å². The molecule has 0 spiro atoms. The van der Waals surface area contributed by atoms with Gasteiger partial charge in [0.2, 0.25) is 5.91 Å². The lowest BCUT2D eigenvalue weighted by molar-refractivity contribution is -0.120. The molecule has 0 bridgehead atoms. The van der Waals surface area contributed by atoms with Gasteiger partial charge in [-0.3, -0.25) is 4.79 Å². The van der Waals surface area contributed by atoms with E-state index in [9.17, 15) is 4.79 Å². The average molecular weight is 250 g/mol. The SMILES string of the molecule is NCCCNC(=O)Cc1ccc2c(c1)OCCO2. The second-order valence-corrected chi connectivity index (χ2v) is 4.15.